The highest BCUT2D eigenvalue weighted by atomic mass is 16.3. The standard InChI is InChI=1S/C12H21NO2/c1-10(11-5-4-8-15-11)13-9-12(2,3)6-7-14/h4-5,8,10,13-14H,6-7,9H2,1-3H3. The van der Waals surface area contributed by atoms with Gasteiger partial charge in [0, 0.05) is 13.2 Å². The number of rotatable bonds is 6. The van der Waals surface area contributed by atoms with E-state index in [0.717, 1.165) is 18.7 Å². The molecule has 0 fully saturated rings. The third kappa shape index (κ3) is 4.06. The van der Waals surface area contributed by atoms with Gasteiger partial charge in [-0.2, -0.15) is 0 Å². The second kappa shape index (κ2) is 5.33. The molecule has 0 spiro atoms. The molecule has 86 valence electrons. The van der Waals surface area contributed by atoms with Crippen molar-refractivity contribution in [3.8, 4) is 0 Å². The molecule has 0 amide bonds. The zero-order chi connectivity index (χ0) is 11.3. The number of aliphatic hydroxyl groups excluding tert-OH is 1. The van der Waals surface area contributed by atoms with E-state index >= 15 is 0 Å². The fourth-order valence-electron chi connectivity index (χ4n) is 1.46. The van der Waals surface area contributed by atoms with E-state index in [0.29, 0.717) is 0 Å². The minimum absolute atomic E-state index is 0.121. The van der Waals surface area contributed by atoms with Crippen molar-refractivity contribution in [3.63, 3.8) is 0 Å². The van der Waals surface area contributed by atoms with Gasteiger partial charge in [0.1, 0.15) is 5.76 Å². The Hall–Kier alpha value is -0.800. The van der Waals surface area contributed by atoms with Crippen LogP contribution in [0.1, 0.15) is 39.0 Å². The monoisotopic (exact) mass is 211 g/mol. The van der Waals surface area contributed by atoms with Crippen LogP contribution >= 0.6 is 0 Å². The summed E-state index contributed by atoms with van der Waals surface area (Å²) >= 11 is 0. The Kier molecular flexibility index (Phi) is 4.36. The maximum atomic E-state index is 8.90. The zero-order valence-electron chi connectivity index (χ0n) is 9.79. The molecule has 0 saturated carbocycles. The third-order valence-corrected chi connectivity index (χ3v) is 2.65. The summed E-state index contributed by atoms with van der Waals surface area (Å²) < 4.78 is 5.31. The van der Waals surface area contributed by atoms with Crippen LogP contribution in [-0.4, -0.2) is 18.3 Å². The summed E-state index contributed by atoms with van der Waals surface area (Å²) in [6.45, 7) is 7.48. The SMILES string of the molecule is CC(NCC(C)(C)CCO)c1ccco1. The van der Waals surface area contributed by atoms with Crippen molar-refractivity contribution in [2.45, 2.75) is 33.2 Å². The molecular weight excluding hydrogens is 190 g/mol. The lowest BCUT2D eigenvalue weighted by Gasteiger charge is -2.25. The van der Waals surface area contributed by atoms with Crippen molar-refractivity contribution in [2.75, 3.05) is 13.2 Å². The van der Waals surface area contributed by atoms with Crippen molar-refractivity contribution in [1.29, 1.82) is 0 Å². The van der Waals surface area contributed by atoms with Crippen LogP contribution in [0.4, 0.5) is 0 Å². The predicted molar refractivity (Wildman–Crippen MR) is 60.6 cm³/mol. The van der Waals surface area contributed by atoms with E-state index in [1.54, 1.807) is 6.26 Å². The quantitative estimate of drug-likeness (QED) is 0.759. The second-order valence-electron chi connectivity index (χ2n) is 4.76. The molecule has 0 aliphatic heterocycles. The van der Waals surface area contributed by atoms with Gasteiger partial charge in [0.05, 0.1) is 12.3 Å². The van der Waals surface area contributed by atoms with Crippen molar-refractivity contribution >= 4 is 0 Å². The van der Waals surface area contributed by atoms with E-state index in [1.807, 2.05) is 12.1 Å². The van der Waals surface area contributed by atoms with Gasteiger partial charge >= 0.3 is 0 Å². The van der Waals surface area contributed by atoms with Crippen molar-refractivity contribution in [2.24, 2.45) is 5.41 Å². The smallest absolute Gasteiger partial charge is 0.120 e. The van der Waals surface area contributed by atoms with Gasteiger partial charge in [-0.05, 0) is 30.9 Å². The highest BCUT2D eigenvalue weighted by Gasteiger charge is 2.18. The Morgan fingerprint density at radius 1 is 1.53 bits per heavy atom. The first-order valence-corrected chi connectivity index (χ1v) is 5.43. The predicted octanol–water partition coefficient (Wildman–Crippen LogP) is 2.34. The van der Waals surface area contributed by atoms with Crippen LogP contribution in [-0.2, 0) is 0 Å². The normalized spacial score (nSPS) is 14.1. The Bertz CT molecular complexity index is 267. The Morgan fingerprint density at radius 2 is 2.27 bits per heavy atom. The molecule has 1 atom stereocenters. The van der Waals surface area contributed by atoms with Gasteiger partial charge in [0.25, 0.3) is 0 Å². The summed E-state index contributed by atoms with van der Waals surface area (Å²) in [7, 11) is 0. The maximum absolute atomic E-state index is 8.90. The lowest BCUT2D eigenvalue weighted by atomic mass is 9.89. The molecule has 3 heteroatoms. The molecule has 1 aromatic heterocycles. The van der Waals surface area contributed by atoms with Gasteiger partial charge in [0.15, 0.2) is 0 Å². The first kappa shape index (κ1) is 12.3. The third-order valence-electron chi connectivity index (χ3n) is 2.65. The molecule has 2 N–H and O–H groups in total. The number of hydrogen-bond acceptors (Lipinski definition) is 3. The molecule has 0 bridgehead atoms. The first-order chi connectivity index (χ1) is 7.05. The fourth-order valence-corrected chi connectivity index (χ4v) is 1.46. The van der Waals surface area contributed by atoms with E-state index in [2.05, 4.69) is 26.1 Å². The Morgan fingerprint density at radius 3 is 2.80 bits per heavy atom. The molecule has 1 unspecified atom stereocenters. The molecule has 0 aliphatic carbocycles. The van der Waals surface area contributed by atoms with Gasteiger partial charge in [0.2, 0.25) is 0 Å². The summed E-state index contributed by atoms with van der Waals surface area (Å²) in [5, 5.41) is 12.3. The molecule has 0 saturated heterocycles. The molecule has 15 heavy (non-hydrogen) atoms. The van der Waals surface area contributed by atoms with Crippen LogP contribution in [0.25, 0.3) is 0 Å². The average Bonchev–Trinajstić information content (AvgIpc) is 2.67. The van der Waals surface area contributed by atoms with Crippen molar-refractivity contribution in [1.82, 2.24) is 5.32 Å². The van der Waals surface area contributed by atoms with Crippen molar-refractivity contribution in [3.05, 3.63) is 24.2 Å². The van der Waals surface area contributed by atoms with E-state index in [4.69, 9.17) is 9.52 Å². The van der Waals surface area contributed by atoms with Gasteiger partial charge < -0.3 is 14.8 Å². The summed E-state index contributed by atoms with van der Waals surface area (Å²) in [4.78, 5) is 0. The highest BCUT2D eigenvalue weighted by Crippen LogP contribution is 2.20. The molecule has 3 nitrogen and oxygen atoms in total. The van der Waals surface area contributed by atoms with E-state index < -0.39 is 0 Å². The van der Waals surface area contributed by atoms with Gasteiger partial charge in [-0.3, -0.25) is 0 Å². The summed E-state index contributed by atoms with van der Waals surface area (Å²) in [5.41, 5.74) is 0.121. The van der Waals surface area contributed by atoms with Crippen LogP contribution in [0.2, 0.25) is 0 Å². The lowest BCUT2D eigenvalue weighted by molar-refractivity contribution is 0.202. The van der Waals surface area contributed by atoms with E-state index in [9.17, 15) is 0 Å². The van der Waals surface area contributed by atoms with Crippen LogP contribution in [0.5, 0.6) is 0 Å². The highest BCUT2D eigenvalue weighted by molar-refractivity contribution is 5.03. The van der Waals surface area contributed by atoms with Gasteiger partial charge in [-0.1, -0.05) is 13.8 Å². The second-order valence-corrected chi connectivity index (χ2v) is 4.76. The van der Waals surface area contributed by atoms with Crippen LogP contribution in [0.15, 0.2) is 22.8 Å². The minimum atomic E-state index is 0.121. The summed E-state index contributed by atoms with van der Waals surface area (Å²) in [6.07, 6.45) is 2.50. The molecule has 0 aliphatic rings. The fraction of sp³-hybridized carbons (Fsp3) is 0.667. The Balaban J connectivity index is 2.37. The number of furan rings is 1. The molecule has 0 radical (unpaired) electrons. The topological polar surface area (TPSA) is 45.4 Å². The zero-order valence-corrected chi connectivity index (χ0v) is 9.79. The van der Waals surface area contributed by atoms with Crippen molar-refractivity contribution < 1.29 is 9.52 Å². The first-order valence-electron chi connectivity index (χ1n) is 5.43. The summed E-state index contributed by atoms with van der Waals surface area (Å²) in [6, 6.07) is 4.08. The number of hydrogen-bond donors (Lipinski definition) is 2. The molecule has 1 heterocycles. The minimum Gasteiger partial charge on any atom is -0.468 e. The maximum Gasteiger partial charge on any atom is 0.120 e. The molecule has 0 aromatic carbocycles. The van der Waals surface area contributed by atoms with Crippen LogP contribution in [0, 0.1) is 5.41 Å². The number of nitrogens with one attached hydrogen (secondary N) is 1. The van der Waals surface area contributed by atoms with Gasteiger partial charge in [-0.25, -0.2) is 0 Å². The molecule has 1 aromatic rings. The summed E-state index contributed by atoms with van der Waals surface area (Å²) in [5.74, 6) is 0.954. The average molecular weight is 211 g/mol. The van der Waals surface area contributed by atoms with Gasteiger partial charge in [-0.15, -0.1) is 0 Å². The lowest BCUT2D eigenvalue weighted by Crippen LogP contribution is -2.31. The van der Waals surface area contributed by atoms with Crippen LogP contribution in [0.3, 0.4) is 0 Å². The van der Waals surface area contributed by atoms with E-state index in [1.165, 1.54) is 0 Å². The largest absolute Gasteiger partial charge is 0.468 e. The Labute approximate surface area is 91.5 Å². The van der Waals surface area contributed by atoms with E-state index in [-0.39, 0.29) is 18.1 Å². The number of aliphatic hydroxyl groups is 1. The molecule has 1 rings (SSSR count). The molecular formula is C12H21NO2. The van der Waals surface area contributed by atoms with Crippen LogP contribution < -0.4 is 5.32 Å².